The highest BCUT2D eigenvalue weighted by Crippen LogP contribution is 2.38. The van der Waals surface area contributed by atoms with Crippen molar-refractivity contribution in [3.63, 3.8) is 0 Å². The largest absolute Gasteiger partial charge is 0.373 e. The van der Waals surface area contributed by atoms with Crippen LogP contribution >= 0.6 is 0 Å². The maximum Gasteiger partial charge on any atom is 0.230 e. The number of ether oxygens (including phenoxy) is 1. The van der Waals surface area contributed by atoms with Gasteiger partial charge < -0.3 is 10.1 Å². The van der Waals surface area contributed by atoms with E-state index in [9.17, 15) is 4.79 Å². The number of nitrogens with zero attached hydrogens (tertiary/aromatic N) is 3. The Kier molecular flexibility index (Phi) is 4.17. The molecule has 122 valence electrons. The van der Waals surface area contributed by atoms with Crippen LogP contribution in [-0.2, 0) is 16.6 Å². The van der Waals surface area contributed by atoms with E-state index in [0.717, 1.165) is 28.2 Å². The van der Waals surface area contributed by atoms with E-state index in [1.807, 2.05) is 38.6 Å². The second kappa shape index (κ2) is 6.12. The molecular formula is C17H22N4O2. The third-order valence-electron chi connectivity index (χ3n) is 4.42. The molecule has 1 N–H and O–H groups in total. The lowest BCUT2D eigenvalue weighted by Gasteiger charge is -2.19. The molecule has 2 aromatic heterocycles. The van der Waals surface area contributed by atoms with E-state index in [4.69, 9.17) is 4.74 Å². The standard InChI is InChI=1S/C17H22N4O2/c1-10-7-13(9-18-8-10)19-17(22)14-5-6-23-16(14)15-11(2)20-21(4)12(15)3/h7-9,14,16H,5-6H2,1-4H3,(H,19,22)/t14-,16-/m0/s1. The van der Waals surface area contributed by atoms with Crippen molar-refractivity contribution in [1.82, 2.24) is 14.8 Å². The number of carbonyl (C=O) groups excluding carboxylic acids is 1. The lowest BCUT2D eigenvalue weighted by molar-refractivity contribution is -0.121. The number of hydrogen-bond acceptors (Lipinski definition) is 4. The van der Waals surface area contributed by atoms with Gasteiger partial charge in [0.2, 0.25) is 5.91 Å². The summed E-state index contributed by atoms with van der Waals surface area (Å²) in [7, 11) is 1.91. The number of amides is 1. The Hall–Kier alpha value is -2.21. The fourth-order valence-corrected chi connectivity index (χ4v) is 3.20. The predicted octanol–water partition coefficient (Wildman–Crippen LogP) is 2.46. The molecule has 0 aliphatic carbocycles. The quantitative estimate of drug-likeness (QED) is 0.945. The van der Waals surface area contributed by atoms with Crippen LogP contribution in [0.5, 0.6) is 0 Å². The van der Waals surface area contributed by atoms with Crippen LogP contribution in [0.15, 0.2) is 18.5 Å². The minimum absolute atomic E-state index is 0.0254. The van der Waals surface area contributed by atoms with Gasteiger partial charge in [0.1, 0.15) is 0 Å². The van der Waals surface area contributed by atoms with E-state index in [2.05, 4.69) is 15.4 Å². The number of aryl methyl sites for hydroxylation is 3. The zero-order chi connectivity index (χ0) is 16.6. The smallest absolute Gasteiger partial charge is 0.230 e. The van der Waals surface area contributed by atoms with Gasteiger partial charge in [0.25, 0.3) is 0 Å². The molecular weight excluding hydrogens is 292 g/mol. The van der Waals surface area contributed by atoms with E-state index >= 15 is 0 Å². The number of nitrogens with one attached hydrogen (secondary N) is 1. The number of hydrogen-bond donors (Lipinski definition) is 1. The Bertz CT molecular complexity index is 738. The van der Waals surface area contributed by atoms with E-state index in [1.54, 1.807) is 12.4 Å². The first-order chi connectivity index (χ1) is 11.0. The van der Waals surface area contributed by atoms with Crippen LogP contribution in [0, 0.1) is 26.7 Å². The Morgan fingerprint density at radius 3 is 2.78 bits per heavy atom. The van der Waals surface area contributed by atoms with Crippen molar-refractivity contribution in [2.24, 2.45) is 13.0 Å². The fraction of sp³-hybridized carbons (Fsp3) is 0.471. The molecule has 0 saturated carbocycles. The maximum absolute atomic E-state index is 12.7. The van der Waals surface area contributed by atoms with Gasteiger partial charge >= 0.3 is 0 Å². The highest BCUT2D eigenvalue weighted by molar-refractivity contribution is 5.93. The van der Waals surface area contributed by atoms with Crippen molar-refractivity contribution >= 4 is 11.6 Å². The maximum atomic E-state index is 12.7. The molecule has 1 aliphatic rings. The number of carbonyl (C=O) groups is 1. The number of anilines is 1. The van der Waals surface area contributed by atoms with Crippen molar-refractivity contribution < 1.29 is 9.53 Å². The van der Waals surface area contributed by atoms with E-state index in [0.29, 0.717) is 13.0 Å². The number of rotatable bonds is 3. The van der Waals surface area contributed by atoms with Gasteiger partial charge in [-0.05, 0) is 38.8 Å². The van der Waals surface area contributed by atoms with Gasteiger partial charge in [-0.3, -0.25) is 14.5 Å². The van der Waals surface area contributed by atoms with Gasteiger partial charge in [0.05, 0.1) is 29.6 Å². The number of aromatic nitrogens is 3. The van der Waals surface area contributed by atoms with Crippen LogP contribution in [0.25, 0.3) is 0 Å². The van der Waals surface area contributed by atoms with Crippen LogP contribution in [0.4, 0.5) is 5.69 Å². The van der Waals surface area contributed by atoms with Crippen molar-refractivity contribution in [2.75, 3.05) is 11.9 Å². The average molecular weight is 314 g/mol. The zero-order valence-corrected chi connectivity index (χ0v) is 14.0. The Morgan fingerprint density at radius 2 is 2.13 bits per heavy atom. The van der Waals surface area contributed by atoms with Gasteiger partial charge in [-0.15, -0.1) is 0 Å². The molecule has 1 saturated heterocycles. The summed E-state index contributed by atoms with van der Waals surface area (Å²) in [5, 5.41) is 7.40. The van der Waals surface area contributed by atoms with Gasteiger partial charge in [0, 0.05) is 31.1 Å². The molecule has 0 aromatic carbocycles. The summed E-state index contributed by atoms with van der Waals surface area (Å²) >= 11 is 0. The van der Waals surface area contributed by atoms with Crippen LogP contribution in [-0.4, -0.2) is 27.3 Å². The van der Waals surface area contributed by atoms with Gasteiger partial charge in [-0.2, -0.15) is 5.10 Å². The fourth-order valence-electron chi connectivity index (χ4n) is 3.20. The molecule has 1 amide bonds. The number of pyridine rings is 1. The van der Waals surface area contributed by atoms with E-state index in [-0.39, 0.29) is 17.9 Å². The van der Waals surface area contributed by atoms with Gasteiger partial charge in [-0.25, -0.2) is 0 Å². The Balaban J connectivity index is 1.82. The third-order valence-corrected chi connectivity index (χ3v) is 4.42. The molecule has 23 heavy (non-hydrogen) atoms. The minimum atomic E-state index is -0.235. The summed E-state index contributed by atoms with van der Waals surface area (Å²) in [6.45, 7) is 6.51. The third kappa shape index (κ3) is 2.99. The molecule has 3 rings (SSSR count). The van der Waals surface area contributed by atoms with Crippen LogP contribution in [0.3, 0.4) is 0 Å². The molecule has 0 bridgehead atoms. The summed E-state index contributed by atoms with van der Waals surface area (Å²) in [4.78, 5) is 16.8. The molecule has 3 heterocycles. The summed E-state index contributed by atoms with van der Waals surface area (Å²) < 4.78 is 7.72. The topological polar surface area (TPSA) is 69.0 Å². The molecule has 0 radical (unpaired) electrons. The first-order valence-corrected chi connectivity index (χ1v) is 7.81. The zero-order valence-electron chi connectivity index (χ0n) is 14.0. The first-order valence-electron chi connectivity index (χ1n) is 7.81. The van der Waals surface area contributed by atoms with E-state index in [1.165, 1.54) is 0 Å². The average Bonchev–Trinajstić information content (AvgIpc) is 3.04. The van der Waals surface area contributed by atoms with Gasteiger partial charge in [-0.1, -0.05) is 0 Å². The molecule has 6 heteroatoms. The van der Waals surface area contributed by atoms with Crippen molar-refractivity contribution in [1.29, 1.82) is 0 Å². The van der Waals surface area contributed by atoms with Crippen LogP contribution in [0.1, 0.15) is 35.0 Å². The molecule has 1 aliphatic heterocycles. The summed E-state index contributed by atoms with van der Waals surface area (Å²) in [5.41, 5.74) is 4.74. The van der Waals surface area contributed by atoms with E-state index < -0.39 is 0 Å². The van der Waals surface area contributed by atoms with Crippen LogP contribution in [0.2, 0.25) is 0 Å². The summed E-state index contributed by atoms with van der Waals surface area (Å²) in [5.74, 6) is -0.236. The molecule has 1 fully saturated rings. The highest BCUT2D eigenvalue weighted by atomic mass is 16.5. The summed E-state index contributed by atoms with van der Waals surface area (Å²) in [6.07, 6.45) is 3.90. The molecule has 0 spiro atoms. The van der Waals surface area contributed by atoms with Crippen LogP contribution < -0.4 is 5.32 Å². The second-order valence-electron chi connectivity index (χ2n) is 6.13. The molecule has 0 unspecified atom stereocenters. The lowest BCUT2D eigenvalue weighted by Crippen LogP contribution is -2.26. The highest BCUT2D eigenvalue weighted by Gasteiger charge is 2.38. The SMILES string of the molecule is Cc1cncc(NC(=O)[C@H]2CCO[C@@H]2c2c(C)nn(C)c2C)c1. The van der Waals surface area contributed by atoms with Crippen molar-refractivity contribution in [2.45, 2.75) is 33.3 Å². The molecule has 2 aromatic rings. The monoisotopic (exact) mass is 314 g/mol. The molecule has 6 nitrogen and oxygen atoms in total. The second-order valence-corrected chi connectivity index (χ2v) is 6.13. The predicted molar refractivity (Wildman–Crippen MR) is 87.1 cm³/mol. The lowest BCUT2D eigenvalue weighted by atomic mass is 9.93. The Morgan fingerprint density at radius 1 is 1.35 bits per heavy atom. The van der Waals surface area contributed by atoms with Crippen molar-refractivity contribution in [3.8, 4) is 0 Å². The molecule has 2 atom stereocenters. The normalized spacial score (nSPS) is 20.7. The van der Waals surface area contributed by atoms with Gasteiger partial charge in [0.15, 0.2) is 0 Å². The summed E-state index contributed by atoms with van der Waals surface area (Å²) in [6, 6.07) is 1.91. The first kappa shape index (κ1) is 15.7. The Labute approximate surface area is 135 Å². The minimum Gasteiger partial charge on any atom is -0.373 e. The van der Waals surface area contributed by atoms with Crippen molar-refractivity contribution in [3.05, 3.63) is 41.0 Å².